The summed E-state index contributed by atoms with van der Waals surface area (Å²) in [6.45, 7) is 4.53. The first-order valence-electron chi connectivity index (χ1n) is 5.10. The number of ether oxygens (including phenoxy) is 1. The third-order valence-corrected chi connectivity index (χ3v) is 5.13. The van der Waals surface area contributed by atoms with E-state index in [0.29, 0.717) is 11.9 Å². The lowest BCUT2D eigenvalue weighted by molar-refractivity contribution is -0.147. The summed E-state index contributed by atoms with van der Waals surface area (Å²) in [5, 5.41) is 0.516. The van der Waals surface area contributed by atoms with Crippen molar-refractivity contribution in [1.29, 1.82) is 0 Å². The Morgan fingerprint density at radius 3 is 2.93 bits per heavy atom. The van der Waals surface area contributed by atoms with Crippen LogP contribution in [0.4, 0.5) is 0 Å². The van der Waals surface area contributed by atoms with E-state index in [1.807, 2.05) is 37.4 Å². The van der Waals surface area contributed by atoms with E-state index in [-0.39, 0.29) is 11.9 Å². The predicted molar refractivity (Wildman–Crippen MR) is 64.0 cm³/mol. The van der Waals surface area contributed by atoms with Gasteiger partial charge in [0.2, 0.25) is 0 Å². The Morgan fingerprint density at radius 1 is 1.57 bits per heavy atom. The molecule has 0 amide bonds. The summed E-state index contributed by atoms with van der Waals surface area (Å²) in [6.07, 6.45) is 0.866. The molecule has 2 atom stereocenters. The number of esters is 1. The van der Waals surface area contributed by atoms with E-state index in [1.165, 1.54) is 11.5 Å². The van der Waals surface area contributed by atoms with E-state index in [4.69, 9.17) is 4.74 Å². The molecule has 0 N–H and O–H groups in total. The van der Waals surface area contributed by atoms with E-state index in [0.717, 1.165) is 12.2 Å². The van der Waals surface area contributed by atoms with Crippen LogP contribution in [0.15, 0.2) is 0 Å². The molecule has 0 aromatic rings. The van der Waals surface area contributed by atoms with Gasteiger partial charge in [0.1, 0.15) is 6.61 Å². The summed E-state index contributed by atoms with van der Waals surface area (Å²) >= 11 is 3.88. The second kappa shape index (κ2) is 6.62. The molecular weight excluding hydrogens is 216 g/mol. The van der Waals surface area contributed by atoms with E-state index < -0.39 is 0 Å². The smallest absolute Gasteiger partial charge is 0.308 e. The zero-order valence-corrected chi connectivity index (χ0v) is 10.5. The molecule has 0 spiro atoms. The van der Waals surface area contributed by atoms with Crippen LogP contribution in [0, 0.1) is 5.92 Å². The average Bonchev–Trinajstić information content (AvgIpc) is 2.26. The average molecular weight is 234 g/mol. The Kier molecular flexibility index (Phi) is 5.78. The predicted octanol–water partition coefficient (Wildman–Crippen LogP) is 2.42. The first kappa shape index (κ1) is 12.2. The number of carbonyl (C=O) groups is 1. The van der Waals surface area contributed by atoms with E-state index in [1.54, 1.807) is 0 Å². The topological polar surface area (TPSA) is 26.3 Å². The lowest BCUT2D eigenvalue weighted by Gasteiger charge is -2.21. The molecule has 82 valence electrons. The van der Waals surface area contributed by atoms with Gasteiger partial charge in [-0.25, -0.2) is 0 Å². The van der Waals surface area contributed by atoms with Crippen molar-refractivity contribution in [3.05, 3.63) is 0 Å². The van der Waals surface area contributed by atoms with Crippen LogP contribution in [0.2, 0.25) is 0 Å². The highest BCUT2D eigenvalue weighted by molar-refractivity contribution is 8.06. The summed E-state index contributed by atoms with van der Waals surface area (Å²) in [5.74, 6) is 3.56. The highest BCUT2D eigenvalue weighted by Crippen LogP contribution is 2.24. The van der Waals surface area contributed by atoms with Crippen LogP contribution in [-0.2, 0) is 9.53 Å². The fourth-order valence-corrected chi connectivity index (χ4v) is 3.67. The van der Waals surface area contributed by atoms with Gasteiger partial charge in [-0.05, 0) is 6.42 Å². The molecule has 0 aliphatic carbocycles. The van der Waals surface area contributed by atoms with Gasteiger partial charge in [-0.2, -0.15) is 23.5 Å². The van der Waals surface area contributed by atoms with E-state index >= 15 is 0 Å². The van der Waals surface area contributed by atoms with Crippen molar-refractivity contribution in [3.63, 3.8) is 0 Å². The summed E-state index contributed by atoms with van der Waals surface area (Å²) in [7, 11) is 0. The summed E-state index contributed by atoms with van der Waals surface area (Å²) in [6, 6.07) is 0. The maximum atomic E-state index is 11.4. The highest BCUT2D eigenvalue weighted by Gasteiger charge is 2.18. The molecule has 0 aromatic carbocycles. The van der Waals surface area contributed by atoms with E-state index in [2.05, 4.69) is 0 Å². The molecule has 4 heteroatoms. The summed E-state index contributed by atoms with van der Waals surface area (Å²) in [5.41, 5.74) is 0. The van der Waals surface area contributed by atoms with Gasteiger partial charge < -0.3 is 4.74 Å². The zero-order valence-electron chi connectivity index (χ0n) is 8.82. The van der Waals surface area contributed by atoms with Crippen molar-refractivity contribution >= 4 is 29.5 Å². The highest BCUT2D eigenvalue weighted by atomic mass is 32.2. The van der Waals surface area contributed by atoms with Gasteiger partial charge in [-0.15, -0.1) is 0 Å². The van der Waals surface area contributed by atoms with Gasteiger partial charge in [-0.1, -0.05) is 13.8 Å². The fourth-order valence-electron chi connectivity index (χ4n) is 1.12. The van der Waals surface area contributed by atoms with Crippen LogP contribution in [0.25, 0.3) is 0 Å². The minimum atomic E-state index is -0.0383. The molecule has 0 saturated carbocycles. The Bertz CT molecular complexity index is 179. The summed E-state index contributed by atoms with van der Waals surface area (Å²) in [4.78, 5) is 11.4. The Morgan fingerprint density at radius 2 is 2.36 bits per heavy atom. The Hall–Kier alpha value is 0.170. The molecule has 0 bridgehead atoms. The molecule has 0 aromatic heterocycles. The molecule has 1 aliphatic heterocycles. The fraction of sp³-hybridized carbons (Fsp3) is 0.900. The number of carbonyl (C=O) groups excluding carboxylic acids is 1. The largest absolute Gasteiger partial charge is 0.464 e. The van der Waals surface area contributed by atoms with Crippen molar-refractivity contribution < 1.29 is 9.53 Å². The van der Waals surface area contributed by atoms with Crippen LogP contribution in [0.5, 0.6) is 0 Å². The van der Waals surface area contributed by atoms with E-state index in [9.17, 15) is 4.79 Å². The lowest BCUT2D eigenvalue weighted by atomic mass is 10.1. The monoisotopic (exact) mass is 234 g/mol. The van der Waals surface area contributed by atoms with Crippen molar-refractivity contribution in [2.45, 2.75) is 25.5 Å². The molecule has 1 fully saturated rings. The minimum Gasteiger partial charge on any atom is -0.464 e. The van der Waals surface area contributed by atoms with Gasteiger partial charge >= 0.3 is 5.97 Å². The van der Waals surface area contributed by atoms with Crippen molar-refractivity contribution in [2.24, 2.45) is 5.92 Å². The van der Waals surface area contributed by atoms with Gasteiger partial charge in [-0.3, -0.25) is 4.79 Å². The van der Waals surface area contributed by atoms with Gasteiger partial charge in [0.15, 0.2) is 0 Å². The third-order valence-electron chi connectivity index (χ3n) is 2.31. The third kappa shape index (κ3) is 4.13. The molecule has 0 radical (unpaired) electrons. The second-order valence-electron chi connectivity index (χ2n) is 3.51. The Balaban J connectivity index is 2.15. The molecule has 1 saturated heterocycles. The maximum Gasteiger partial charge on any atom is 0.308 e. The first-order valence-corrected chi connectivity index (χ1v) is 7.30. The van der Waals surface area contributed by atoms with Crippen molar-refractivity contribution in [1.82, 2.24) is 0 Å². The Labute approximate surface area is 94.5 Å². The molecule has 1 aliphatic rings. The van der Waals surface area contributed by atoms with Crippen LogP contribution >= 0.6 is 23.5 Å². The SMILES string of the molecule is CCC(C)C(=O)OCC1CSCCS1. The van der Waals surface area contributed by atoms with Crippen LogP contribution in [-0.4, -0.2) is 35.1 Å². The van der Waals surface area contributed by atoms with Gasteiger partial charge in [0, 0.05) is 22.5 Å². The van der Waals surface area contributed by atoms with Crippen molar-refractivity contribution in [3.8, 4) is 0 Å². The standard InChI is InChI=1S/C10H18O2S2/c1-3-8(2)10(11)12-6-9-7-13-4-5-14-9/h8-9H,3-7H2,1-2H3. The summed E-state index contributed by atoms with van der Waals surface area (Å²) < 4.78 is 5.26. The molecule has 14 heavy (non-hydrogen) atoms. The minimum absolute atomic E-state index is 0.0383. The van der Waals surface area contributed by atoms with Gasteiger partial charge in [0.05, 0.1) is 5.92 Å². The van der Waals surface area contributed by atoms with Crippen LogP contribution < -0.4 is 0 Å². The first-order chi connectivity index (χ1) is 6.74. The second-order valence-corrected chi connectivity index (χ2v) is 6.07. The van der Waals surface area contributed by atoms with Crippen molar-refractivity contribution in [2.75, 3.05) is 23.9 Å². The lowest BCUT2D eigenvalue weighted by Crippen LogP contribution is -2.24. The maximum absolute atomic E-state index is 11.4. The number of thioether (sulfide) groups is 2. The number of hydrogen-bond acceptors (Lipinski definition) is 4. The molecule has 1 rings (SSSR count). The normalized spacial score (nSPS) is 24.3. The zero-order chi connectivity index (χ0) is 10.4. The quantitative estimate of drug-likeness (QED) is 0.698. The molecule has 2 unspecified atom stereocenters. The van der Waals surface area contributed by atoms with Gasteiger partial charge in [0.25, 0.3) is 0 Å². The van der Waals surface area contributed by atoms with Crippen LogP contribution in [0.1, 0.15) is 20.3 Å². The molecule has 1 heterocycles. The number of hydrogen-bond donors (Lipinski definition) is 0. The molecule has 2 nitrogen and oxygen atoms in total. The molecular formula is C10H18O2S2. The number of rotatable bonds is 4. The van der Waals surface area contributed by atoms with Crippen LogP contribution in [0.3, 0.4) is 0 Å².